The Hall–Kier alpha value is -4.23. The van der Waals surface area contributed by atoms with E-state index >= 15 is 0 Å². The lowest BCUT2D eigenvalue weighted by Gasteiger charge is -2.36. The van der Waals surface area contributed by atoms with Crippen LogP contribution >= 0.6 is 0 Å². The van der Waals surface area contributed by atoms with Crippen LogP contribution in [0, 0.1) is 0 Å². The van der Waals surface area contributed by atoms with Gasteiger partial charge in [0.2, 0.25) is 0 Å². The van der Waals surface area contributed by atoms with E-state index in [1.165, 1.54) is 24.3 Å². The van der Waals surface area contributed by atoms with Crippen molar-refractivity contribution in [3.05, 3.63) is 95.1 Å². The Bertz CT molecular complexity index is 1420. The maximum atomic E-state index is 13.2. The van der Waals surface area contributed by atoms with Crippen molar-refractivity contribution in [3.8, 4) is 11.5 Å². The van der Waals surface area contributed by atoms with Gasteiger partial charge in [-0.15, -0.1) is 26.3 Å². The first-order chi connectivity index (χ1) is 21.9. The van der Waals surface area contributed by atoms with Gasteiger partial charge in [0.15, 0.2) is 0 Å². The summed E-state index contributed by atoms with van der Waals surface area (Å²) < 4.78 is 131. The fraction of sp³-hybridized carbons (Fsp3) is 0.394. The van der Waals surface area contributed by atoms with E-state index < -0.39 is 60.9 Å². The van der Waals surface area contributed by atoms with Crippen molar-refractivity contribution in [2.75, 3.05) is 6.61 Å². The van der Waals surface area contributed by atoms with E-state index in [9.17, 15) is 49.1 Å². The van der Waals surface area contributed by atoms with Gasteiger partial charge in [-0.05, 0) is 72.7 Å². The van der Waals surface area contributed by atoms with Gasteiger partial charge in [0.05, 0.1) is 13.0 Å². The number of benzene rings is 3. The number of rotatable bonds is 15. The quantitative estimate of drug-likeness (QED) is 0.119. The van der Waals surface area contributed by atoms with Crippen LogP contribution in [0.2, 0.25) is 0 Å². The Morgan fingerprint density at radius 3 is 1.66 bits per heavy atom. The Morgan fingerprint density at radius 2 is 1.19 bits per heavy atom. The fourth-order valence-electron chi connectivity index (χ4n) is 5.17. The summed E-state index contributed by atoms with van der Waals surface area (Å²) in [7, 11) is 0. The van der Waals surface area contributed by atoms with E-state index in [4.69, 9.17) is 4.74 Å². The normalized spacial score (nSPS) is 12.5. The van der Waals surface area contributed by atoms with Crippen LogP contribution in [0.3, 0.4) is 0 Å². The van der Waals surface area contributed by atoms with Crippen LogP contribution < -0.4 is 9.47 Å². The van der Waals surface area contributed by atoms with Gasteiger partial charge < -0.3 is 14.2 Å². The third-order valence-electron chi connectivity index (χ3n) is 7.11. The smallest absolute Gasteiger partial charge is 0.466 e. The minimum atomic E-state index is -5.12. The standard InChI is InChI=1S/C33H31F9O5/c1-2-45-29(44)11-3-6-22-12-14-23(15-13-22)20-30(21-26(43)16-17-31(34,35)36,24-7-4-9-27(18-24)46-32(37,38)39)25-8-5-10-28(19-25)47-33(40,41)42/h4-5,7-10,12-15,18-19H,2-3,6,11,16-17,20-21H2,1H3. The van der Waals surface area contributed by atoms with Crippen LogP contribution in [0.4, 0.5) is 39.5 Å². The molecule has 0 fully saturated rings. The molecule has 3 rings (SSSR count). The van der Waals surface area contributed by atoms with E-state index in [1.54, 1.807) is 31.2 Å². The average Bonchev–Trinajstić information content (AvgIpc) is 2.95. The van der Waals surface area contributed by atoms with Crippen molar-refractivity contribution >= 4 is 11.8 Å². The number of esters is 1. The first-order valence-electron chi connectivity index (χ1n) is 14.4. The van der Waals surface area contributed by atoms with Crippen molar-refractivity contribution in [2.45, 2.75) is 76.2 Å². The lowest BCUT2D eigenvalue weighted by Crippen LogP contribution is -2.34. The van der Waals surface area contributed by atoms with Crippen molar-refractivity contribution in [1.29, 1.82) is 0 Å². The van der Waals surface area contributed by atoms with Gasteiger partial charge in [-0.25, -0.2) is 0 Å². The molecular formula is C33H31F9O5. The second kappa shape index (κ2) is 15.6. The van der Waals surface area contributed by atoms with Crippen LogP contribution in [-0.4, -0.2) is 37.3 Å². The van der Waals surface area contributed by atoms with E-state index in [1.807, 2.05) is 0 Å². The van der Waals surface area contributed by atoms with Gasteiger partial charge in [-0.2, -0.15) is 13.2 Å². The molecule has 0 amide bonds. The number of ether oxygens (including phenoxy) is 3. The fourth-order valence-corrected chi connectivity index (χ4v) is 5.17. The number of aryl methyl sites for hydroxylation is 1. The number of hydrogen-bond donors (Lipinski definition) is 0. The molecular weight excluding hydrogens is 647 g/mol. The van der Waals surface area contributed by atoms with E-state index in [0.717, 1.165) is 29.8 Å². The van der Waals surface area contributed by atoms with Crippen LogP contribution in [0.25, 0.3) is 0 Å². The lowest BCUT2D eigenvalue weighted by atomic mass is 9.67. The third kappa shape index (κ3) is 12.5. The summed E-state index contributed by atoms with van der Waals surface area (Å²) in [5.41, 5.74) is -0.563. The lowest BCUT2D eigenvalue weighted by molar-refractivity contribution is -0.275. The van der Waals surface area contributed by atoms with Crippen molar-refractivity contribution in [1.82, 2.24) is 0 Å². The van der Waals surface area contributed by atoms with E-state index in [-0.39, 0.29) is 36.5 Å². The van der Waals surface area contributed by atoms with Crippen LogP contribution in [0.1, 0.15) is 61.3 Å². The first-order valence-corrected chi connectivity index (χ1v) is 14.4. The summed E-state index contributed by atoms with van der Waals surface area (Å²) >= 11 is 0. The van der Waals surface area contributed by atoms with E-state index in [2.05, 4.69) is 9.47 Å². The van der Waals surface area contributed by atoms with E-state index in [0.29, 0.717) is 18.4 Å². The zero-order valence-electron chi connectivity index (χ0n) is 25.0. The molecule has 5 nitrogen and oxygen atoms in total. The molecule has 0 radical (unpaired) electrons. The minimum Gasteiger partial charge on any atom is -0.466 e. The Balaban J connectivity index is 2.13. The molecule has 0 heterocycles. The zero-order valence-corrected chi connectivity index (χ0v) is 25.0. The topological polar surface area (TPSA) is 61.8 Å². The summed E-state index contributed by atoms with van der Waals surface area (Å²) in [6.45, 7) is 1.92. The Labute approximate surface area is 264 Å². The predicted molar refractivity (Wildman–Crippen MR) is 152 cm³/mol. The molecule has 0 aromatic heterocycles. The van der Waals surface area contributed by atoms with Crippen LogP contribution in [-0.2, 0) is 32.6 Å². The maximum absolute atomic E-state index is 13.2. The summed E-state index contributed by atoms with van der Waals surface area (Å²) in [5, 5.41) is 0. The first kappa shape index (κ1) is 37.2. The monoisotopic (exact) mass is 678 g/mol. The van der Waals surface area contributed by atoms with Gasteiger partial charge >= 0.3 is 24.9 Å². The van der Waals surface area contributed by atoms with Gasteiger partial charge in [-0.1, -0.05) is 48.5 Å². The van der Waals surface area contributed by atoms with Gasteiger partial charge in [0.1, 0.15) is 17.3 Å². The molecule has 0 aliphatic heterocycles. The highest BCUT2D eigenvalue weighted by Crippen LogP contribution is 2.43. The number of hydrogen-bond acceptors (Lipinski definition) is 5. The second-order valence-corrected chi connectivity index (χ2v) is 10.7. The molecule has 47 heavy (non-hydrogen) atoms. The number of ketones is 1. The number of Topliss-reactive ketones (excluding diaryl/α,β-unsaturated/α-hetero) is 1. The molecule has 0 atom stereocenters. The van der Waals surface area contributed by atoms with Gasteiger partial charge in [0.25, 0.3) is 0 Å². The van der Waals surface area contributed by atoms with Gasteiger partial charge in [0, 0.05) is 24.7 Å². The molecule has 0 aliphatic carbocycles. The van der Waals surface area contributed by atoms with Crippen molar-refractivity contribution in [2.24, 2.45) is 0 Å². The minimum absolute atomic E-state index is 0.0257. The maximum Gasteiger partial charge on any atom is 0.573 e. The molecule has 3 aromatic rings. The number of alkyl halides is 9. The highest BCUT2D eigenvalue weighted by molar-refractivity contribution is 5.81. The van der Waals surface area contributed by atoms with Crippen molar-refractivity contribution in [3.63, 3.8) is 0 Å². The summed E-state index contributed by atoms with van der Waals surface area (Å²) in [5.74, 6) is -2.71. The third-order valence-corrected chi connectivity index (χ3v) is 7.11. The van der Waals surface area contributed by atoms with Crippen molar-refractivity contribution < 1.29 is 63.3 Å². The zero-order chi connectivity index (χ0) is 34.9. The highest BCUT2D eigenvalue weighted by atomic mass is 19.4. The number of halogens is 9. The Kier molecular flexibility index (Phi) is 12.3. The highest BCUT2D eigenvalue weighted by Gasteiger charge is 2.40. The van der Waals surface area contributed by atoms with Crippen LogP contribution in [0.5, 0.6) is 11.5 Å². The number of carbonyl (C=O) groups excluding carboxylic acids is 2. The van der Waals surface area contributed by atoms with Gasteiger partial charge in [-0.3, -0.25) is 9.59 Å². The number of carbonyl (C=O) groups is 2. The molecule has 0 saturated carbocycles. The molecule has 0 unspecified atom stereocenters. The SMILES string of the molecule is CCOC(=O)CCCc1ccc(CC(CC(=O)CCC(F)(F)F)(c2cccc(OC(F)(F)F)c2)c2cccc(OC(F)(F)F)c2)cc1. The largest absolute Gasteiger partial charge is 0.573 e. The molecule has 0 saturated heterocycles. The summed E-state index contributed by atoms with van der Waals surface area (Å²) in [4.78, 5) is 24.8. The molecule has 14 heteroatoms. The molecule has 0 bridgehead atoms. The molecule has 0 aliphatic rings. The summed E-state index contributed by atoms with van der Waals surface area (Å²) in [6, 6.07) is 15.5. The second-order valence-electron chi connectivity index (χ2n) is 10.7. The summed E-state index contributed by atoms with van der Waals surface area (Å²) in [6.07, 6.45) is -17.2. The molecule has 3 aromatic carbocycles. The average molecular weight is 679 g/mol. The molecule has 256 valence electrons. The predicted octanol–water partition coefficient (Wildman–Crippen LogP) is 9.20. The molecule has 0 spiro atoms. The van der Waals surface area contributed by atoms with Crippen LogP contribution in [0.15, 0.2) is 72.8 Å². The Morgan fingerprint density at radius 1 is 0.681 bits per heavy atom. The molecule has 0 N–H and O–H groups in total.